The van der Waals surface area contributed by atoms with Gasteiger partial charge in [-0.1, -0.05) is 11.6 Å². The number of nitriles is 1. The molecule has 23 heavy (non-hydrogen) atoms. The predicted octanol–water partition coefficient (Wildman–Crippen LogP) is 1.89. The van der Waals surface area contributed by atoms with E-state index in [1.54, 1.807) is 12.1 Å². The molecule has 0 aliphatic carbocycles. The number of hydrogen-bond donors (Lipinski definition) is 1. The number of piperazine rings is 1. The molecule has 1 aliphatic heterocycles. The average Bonchev–Trinajstić information content (AvgIpc) is 2.57. The van der Waals surface area contributed by atoms with E-state index in [1.165, 1.54) is 0 Å². The van der Waals surface area contributed by atoms with Crippen LogP contribution in [0.25, 0.3) is 0 Å². The predicted molar refractivity (Wildman–Crippen MR) is 89.0 cm³/mol. The Morgan fingerprint density at radius 3 is 2.43 bits per heavy atom. The zero-order chi connectivity index (χ0) is 16.2. The molecule has 0 spiro atoms. The smallest absolute Gasteiger partial charge is 0.238 e. The lowest BCUT2D eigenvalue weighted by atomic mass is 10.3. The van der Waals surface area contributed by atoms with E-state index < -0.39 is 0 Å². The molecule has 0 saturated carbocycles. The van der Waals surface area contributed by atoms with Gasteiger partial charge in [0.2, 0.25) is 17.7 Å². The largest absolute Gasteiger partial charge is 0.338 e. The summed E-state index contributed by atoms with van der Waals surface area (Å²) in [6.45, 7) is 3.53. The van der Waals surface area contributed by atoms with Crippen LogP contribution in [0.3, 0.4) is 0 Å². The molecule has 2 heterocycles. The van der Waals surface area contributed by atoms with E-state index in [-0.39, 0.29) is 5.82 Å². The van der Waals surface area contributed by atoms with Gasteiger partial charge in [0.25, 0.3) is 0 Å². The zero-order valence-electron chi connectivity index (χ0n) is 12.7. The molecule has 0 bridgehead atoms. The van der Waals surface area contributed by atoms with Crippen molar-refractivity contribution in [3.05, 3.63) is 35.1 Å². The van der Waals surface area contributed by atoms with Gasteiger partial charge in [-0.2, -0.15) is 20.2 Å². The molecule has 0 unspecified atom stereocenters. The van der Waals surface area contributed by atoms with E-state index in [4.69, 9.17) is 16.9 Å². The third kappa shape index (κ3) is 3.86. The molecule has 1 saturated heterocycles. The minimum atomic E-state index is 0.102. The molecule has 3 rings (SSSR count). The summed E-state index contributed by atoms with van der Waals surface area (Å²) < 4.78 is 0. The summed E-state index contributed by atoms with van der Waals surface area (Å²) in [7, 11) is 2.08. The Labute approximate surface area is 139 Å². The topological polar surface area (TPSA) is 81.0 Å². The molecule has 1 fully saturated rings. The van der Waals surface area contributed by atoms with Gasteiger partial charge >= 0.3 is 0 Å². The fourth-order valence-electron chi connectivity index (χ4n) is 2.28. The Hall–Kier alpha value is -2.43. The summed E-state index contributed by atoms with van der Waals surface area (Å²) in [4.78, 5) is 17.1. The van der Waals surface area contributed by atoms with Crippen molar-refractivity contribution < 1.29 is 0 Å². The first-order valence-electron chi connectivity index (χ1n) is 7.26. The van der Waals surface area contributed by atoms with Crippen LogP contribution in [-0.4, -0.2) is 53.1 Å². The van der Waals surface area contributed by atoms with Crippen LogP contribution in [0.5, 0.6) is 0 Å². The minimum Gasteiger partial charge on any atom is -0.338 e. The fourth-order valence-corrected chi connectivity index (χ4v) is 2.41. The van der Waals surface area contributed by atoms with Crippen molar-refractivity contribution in [2.75, 3.05) is 43.4 Å². The summed E-state index contributed by atoms with van der Waals surface area (Å²) in [6, 6.07) is 9.20. The number of likely N-dealkylation sites (N-methyl/N-ethyl adjacent to an activating group) is 1. The number of rotatable bonds is 3. The standard InChI is InChI=1S/C15H16ClN7/c1-22-6-8-23(9-7-22)15-20-13(10-17)19-14(21-15)18-12-4-2-11(16)3-5-12/h2-5H,6-9H2,1H3,(H,18,19,20,21). The third-order valence-corrected chi connectivity index (χ3v) is 3.86. The van der Waals surface area contributed by atoms with Crippen molar-refractivity contribution in [3.8, 4) is 6.07 Å². The second-order valence-electron chi connectivity index (χ2n) is 5.32. The Balaban J connectivity index is 1.84. The molecule has 2 aromatic rings. The zero-order valence-corrected chi connectivity index (χ0v) is 13.5. The van der Waals surface area contributed by atoms with Crippen LogP contribution in [0.4, 0.5) is 17.6 Å². The Morgan fingerprint density at radius 2 is 1.78 bits per heavy atom. The van der Waals surface area contributed by atoms with Crippen LogP contribution < -0.4 is 10.2 Å². The summed E-state index contributed by atoms with van der Waals surface area (Å²) >= 11 is 5.88. The lowest BCUT2D eigenvalue weighted by Crippen LogP contribution is -2.45. The number of benzene rings is 1. The van der Waals surface area contributed by atoms with E-state index in [0.717, 1.165) is 31.9 Å². The first kappa shape index (κ1) is 15.5. The Kier molecular flexibility index (Phi) is 4.55. The lowest BCUT2D eigenvalue weighted by Gasteiger charge is -2.32. The maximum atomic E-state index is 9.15. The SMILES string of the molecule is CN1CCN(c2nc(C#N)nc(Nc3ccc(Cl)cc3)n2)CC1. The average molecular weight is 330 g/mol. The summed E-state index contributed by atoms with van der Waals surface area (Å²) in [5.74, 6) is 0.985. The molecule has 118 valence electrons. The van der Waals surface area contributed by atoms with Crippen molar-refractivity contribution in [1.29, 1.82) is 5.26 Å². The van der Waals surface area contributed by atoms with E-state index in [1.807, 2.05) is 18.2 Å². The number of hydrogen-bond acceptors (Lipinski definition) is 7. The van der Waals surface area contributed by atoms with E-state index >= 15 is 0 Å². The van der Waals surface area contributed by atoms with Crippen molar-refractivity contribution >= 4 is 29.2 Å². The van der Waals surface area contributed by atoms with Gasteiger partial charge in [-0.15, -0.1) is 0 Å². The number of nitrogens with one attached hydrogen (secondary N) is 1. The summed E-state index contributed by atoms with van der Waals surface area (Å²) in [5.41, 5.74) is 0.800. The molecule has 1 aromatic carbocycles. The van der Waals surface area contributed by atoms with Crippen molar-refractivity contribution in [2.45, 2.75) is 0 Å². The van der Waals surface area contributed by atoms with Crippen molar-refractivity contribution in [1.82, 2.24) is 19.9 Å². The molecule has 1 aromatic heterocycles. The molecular formula is C15H16ClN7. The highest BCUT2D eigenvalue weighted by Crippen LogP contribution is 2.19. The highest BCUT2D eigenvalue weighted by molar-refractivity contribution is 6.30. The second-order valence-corrected chi connectivity index (χ2v) is 5.75. The fraction of sp³-hybridized carbons (Fsp3) is 0.333. The molecule has 0 radical (unpaired) electrons. The Bertz CT molecular complexity index is 718. The monoisotopic (exact) mass is 329 g/mol. The van der Waals surface area contributed by atoms with Crippen molar-refractivity contribution in [3.63, 3.8) is 0 Å². The normalized spacial score (nSPS) is 15.3. The summed E-state index contributed by atoms with van der Waals surface area (Å²) in [6.07, 6.45) is 0. The van der Waals surface area contributed by atoms with Gasteiger partial charge in [0.1, 0.15) is 6.07 Å². The molecule has 8 heteroatoms. The maximum absolute atomic E-state index is 9.15. The molecule has 1 aliphatic rings. The van der Waals surface area contributed by atoms with Crippen LogP contribution in [0.15, 0.2) is 24.3 Å². The van der Waals surface area contributed by atoms with Gasteiger partial charge in [-0.25, -0.2) is 0 Å². The Morgan fingerprint density at radius 1 is 1.09 bits per heavy atom. The maximum Gasteiger partial charge on any atom is 0.238 e. The number of nitrogens with zero attached hydrogens (tertiary/aromatic N) is 6. The highest BCUT2D eigenvalue weighted by Gasteiger charge is 2.18. The van der Waals surface area contributed by atoms with Crippen LogP contribution >= 0.6 is 11.6 Å². The van der Waals surface area contributed by atoms with Crippen molar-refractivity contribution in [2.24, 2.45) is 0 Å². The van der Waals surface area contributed by atoms with Gasteiger partial charge in [0, 0.05) is 36.9 Å². The number of aromatic nitrogens is 3. The molecular weight excluding hydrogens is 314 g/mol. The second kappa shape index (κ2) is 6.77. The lowest BCUT2D eigenvalue weighted by molar-refractivity contribution is 0.311. The van der Waals surface area contributed by atoms with Gasteiger partial charge in [-0.3, -0.25) is 0 Å². The third-order valence-electron chi connectivity index (χ3n) is 3.61. The first-order valence-corrected chi connectivity index (χ1v) is 7.64. The van der Waals surface area contributed by atoms with Gasteiger partial charge in [-0.05, 0) is 31.3 Å². The number of anilines is 3. The van der Waals surface area contributed by atoms with Crippen LogP contribution in [0, 0.1) is 11.3 Å². The van der Waals surface area contributed by atoms with E-state index in [0.29, 0.717) is 16.9 Å². The first-order chi connectivity index (χ1) is 11.1. The van der Waals surface area contributed by atoms with E-state index in [9.17, 15) is 0 Å². The van der Waals surface area contributed by atoms with Gasteiger partial charge in [0.05, 0.1) is 0 Å². The number of halogens is 1. The minimum absolute atomic E-state index is 0.102. The molecule has 1 N–H and O–H groups in total. The highest BCUT2D eigenvalue weighted by atomic mass is 35.5. The molecule has 7 nitrogen and oxygen atoms in total. The summed E-state index contributed by atoms with van der Waals surface area (Å²) in [5, 5.41) is 12.9. The quantitative estimate of drug-likeness (QED) is 0.920. The van der Waals surface area contributed by atoms with E-state index in [2.05, 4.69) is 37.1 Å². The van der Waals surface area contributed by atoms with Crippen LogP contribution in [0.2, 0.25) is 5.02 Å². The molecule has 0 amide bonds. The van der Waals surface area contributed by atoms with Gasteiger partial charge < -0.3 is 15.1 Å². The molecule has 0 atom stereocenters. The van der Waals surface area contributed by atoms with Crippen LogP contribution in [0.1, 0.15) is 5.82 Å². The van der Waals surface area contributed by atoms with Crippen LogP contribution in [-0.2, 0) is 0 Å². The van der Waals surface area contributed by atoms with Gasteiger partial charge in [0.15, 0.2) is 0 Å².